The SMILES string of the molecule is Cc1ccc(C(Cc2ncc(-c3nnc(C(F)F)o3)cn2)CN(C)S(C)(=O)=O)c(F)c1. The minimum Gasteiger partial charge on any atom is -0.415 e. The number of benzene rings is 1. The first-order valence-corrected chi connectivity index (χ1v) is 11.0. The maximum atomic E-state index is 14.6. The Balaban J connectivity index is 1.86. The molecule has 0 saturated heterocycles. The molecule has 3 rings (SSSR count). The van der Waals surface area contributed by atoms with Gasteiger partial charge in [-0.25, -0.2) is 27.1 Å². The van der Waals surface area contributed by atoms with Crippen molar-refractivity contribution in [1.29, 1.82) is 0 Å². The van der Waals surface area contributed by atoms with E-state index < -0.39 is 34.1 Å². The first kappa shape index (κ1) is 22.8. The van der Waals surface area contributed by atoms with Crippen LogP contribution in [0, 0.1) is 12.7 Å². The van der Waals surface area contributed by atoms with Gasteiger partial charge in [0.25, 0.3) is 11.8 Å². The lowest BCUT2D eigenvalue weighted by Gasteiger charge is -2.23. The second-order valence-corrected chi connectivity index (χ2v) is 9.19. The summed E-state index contributed by atoms with van der Waals surface area (Å²) < 4.78 is 69.5. The second kappa shape index (κ2) is 9.10. The third-order valence-corrected chi connectivity index (χ3v) is 5.93. The van der Waals surface area contributed by atoms with Crippen LogP contribution in [0.2, 0.25) is 0 Å². The second-order valence-electron chi connectivity index (χ2n) is 7.10. The summed E-state index contributed by atoms with van der Waals surface area (Å²) in [6.45, 7) is 1.77. The van der Waals surface area contributed by atoms with Crippen molar-refractivity contribution in [3.63, 3.8) is 0 Å². The molecule has 0 spiro atoms. The molecule has 8 nitrogen and oxygen atoms in total. The first-order valence-electron chi connectivity index (χ1n) is 9.14. The van der Waals surface area contributed by atoms with Crippen LogP contribution in [-0.2, 0) is 16.4 Å². The molecule has 0 bridgehead atoms. The average Bonchev–Trinajstić information content (AvgIpc) is 3.18. The highest BCUT2D eigenvalue weighted by molar-refractivity contribution is 7.88. The van der Waals surface area contributed by atoms with Gasteiger partial charge in [-0.15, -0.1) is 10.2 Å². The predicted octanol–water partition coefficient (Wildman–Crippen LogP) is 3.13. The molecule has 0 amide bonds. The summed E-state index contributed by atoms with van der Waals surface area (Å²) in [6.07, 6.45) is 0.978. The highest BCUT2D eigenvalue weighted by Gasteiger charge is 2.24. The molecule has 1 atom stereocenters. The summed E-state index contributed by atoms with van der Waals surface area (Å²) in [5.41, 5.74) is 1.32. The van der Waals surface area contributed by atoms with Gasteiger partial charge in [0.2, 0.25) is 10.0 Å². The summed E-state index contributed by atoms with van der Waals surface area (Å²) >= 11 is 0. The molecule has 0 aliphatic rings. The zero-order valence-corrected chi connectivity index (χ0v) is 17.8. The molecule has 0 saturated carbocycles. The van der Waals surface area contributed by atoms with Crippen molar-refractivity contribution in [2.24, 2.45) is 0 Å². The number of alkyl halides is 2. The van der Waals surface area contributed by atoms with Crippen molar-refractivity contribution >= 4 is 10.0 Å². The van der Waals surface area contributed by atoms with Crippen LogP contribution in [-0.4, -0.2) is 52.7 Å². The molecule has 0 fully saturated rings. The molecule has 0 N–H and O–H groups in total. The summed E-state index contributed by atoms with van der Waals surface area (Å²) in [7, 11) is -2.07. The van der Waals surface area contributed by atoms with E-state index in [9.17, 15) is 21.6 Å². The summed E-state index contributed by atoms with van der Waals surface area (Å²) in [6, 6.07) is 4.74. The highest BCUT2D eigenvalue weighted by atomic mass is 32.2. The van der Waals surface area contributed by atoms with Gasteiger partial charge in [0, 0.05) is 38.3 Å². The van der Waals surface area contributed by atoms with E-state index in [-0.39, 0.29) is 24.4 Å². The molecule has 0 radical (unpaired) electrons. The molecule has 166 valence electrons. The van der Waals surface area contributed by atoms with E-state index in [0.29, 0.717) is 11.4 Å². The largest absolute Gasteiger partial charge is 0.415 e. The molecule has 31 heavy (non-hydrogen) atoms. The van der Waals surface area contributed by atoms with Gasteiger partial charge in [0.1, 0.15) is 11.6 Å². The Kier molecular flexibility index (Phi) is 6.70. The first-order chi connectivity index (χ1) is 14.5. The Morgan fingerprint density at radius 1 is 1.16 bits per heavy atom. The average molecular weight is 455 g/mol. The molecular formula is C19H20F3N5O3S. The van der Waals surface area contributed by atoms with Gasteiger partial charge in [-0.3, -0.25) is 0 Å². The molecule has 3 aromatic rings. The number of nitrogens with zero attached hydrogens (tertiary/aromatic N) is 5. The minimum atomic E-state index is -3.49. The molecule has 1 aromatic carbocycles. The quantitative estimate of drug-likeness (QED) is 0.514. The van der Waals surface area contributed by atoms with Gasteiger partial charge in [0.15, 0.2) is 0 Å². The van der Waals surface area contributed by atoms with E-state index in [4.69, 9.17) is 4.42 Å². The Morgan fingerprint density at radius 2 is 1.84 bits per heavy atom. The Morgan fingerprint density at radius 3 is 2.39 bits per heavy atom. The van der Waals surface area contributed by atoms with Crippen LogP contribution in [0.5, 0.6) is 0 Å². The van der Waals surface area contributed by atoms with E-state index in [0.717, 1.165) is 16.1 Å². The number of aryl methyl sites for hydroxylation is 1. The summed E-state index contributed by atoms with van der Waals surface area (Å²) in [5.74, 6) is -1.66. The van der Waals surface area contributed by atoms with Crippen LogP contribution in [0.3, 0.4) is 0 Å². The number of hydrogen-bond donors (Lipinski definition) is 0. The fraction of sp³-hybridized carbons (Fsp3) is 0.368. The van der Waals surface area contributed by atoms with Crippen molar-refractivity contribution < 1.29 is 26.0 Å². The molecule has 0 aliphatic heterocycles. The third-order valence-electron chi connectivity index (χ3n) is 4.65. The van der Waals surface area contributed by atoms with Gasteiger partial charge >= 0.3 is 6.43 Å². The van der Waals surface area contributed by atoms with E-state index in [1.165, 1.54) is 25.5 Å². The monoisotopic (exact) mass is 455 g/mol. The lowest BCUT2D eigenvalue weighted by Crippen LogP contribution is -2.31. The smallest absolute Gasteiger partial charge is 0.314 e. The topological polar surface area (TPSA) is 102 Å². The van der Waals surface area contributed by atoms with Gasteiger partial charge in [0.05, 0.1) is 11.8 Å². The molecule has 1 unspecified atom stereocenters. The van der Waals surface area contributed by atoms with E-state index >= 15 is 0 Å². The van der Waals surface area contributed by atoms with E-state index in [1.54, 1.807) is 19.1 Å². The molecule has 0 aliphatic carbocycles. The lowest BCUT2D eigenvalue weighted by atomic mass is 9.93. The summed E-state index contributed by atoms with van der Waals surface area (Å²) in [4.78, 5) is 8.35. The standard InChI is InChI=1S/C19H20F3N5O3S/c1-11-4-5-14(15(20)6-11)12(10-27(2)31(3,28)29)7-16-23-8-13(9-24-16)18-25-26-19(30-18)17(21)22/h4-6,8-9,12,17H,7,10H2,1-3H3. The number of sulfonamides is 1. The zero-order chi connectivity index (χ0) is 22.8. The van der Waals surface area contributed by atoms with Crippen LogP contribution >= 0.6 is 0 Å². The maximum Gasteiger partial charge on any atom is 0.314 e. The Labute approximate surface area is 177 Å². The van der Waals surface area contributed by atoms with Gasteiger partial charge < -0.3 is 4.42 Å². The van der Waals surface area contributed by atoms with E-state index in [1.807, 2.05) is 0 Å². The van der Waals surface area contributed by atoms with Crippen LogP contribution in [0.1, 0.15) is 35.2 Å². The lowest BCUT2D eigenvalue weighted by molar-refractivity contribution is 0.116. The van der Waals surface area contributed by atoms with Gasteiger partial charge in [-0.1, -0.05) is 12.1 Å². The van der Waals surface area contributed by atoms with Crippen LogP contribution in [0.15, 0.2) is 35.0 Å². The number of aromatic nitrogens is 4. The van der Waals surface area contributed by atoms with Crippen molar-refractivity contribution in [3.8, 4) is 11.5 Å². The molecular weight excluding hydrogens is 435 g/mol. The van der Waals surface area contributed by atoms with Crippen molar-refractivity contribution in [1.82, 2.24) is 24.5 Å². The Bertz CT molecular complexity index is 1150. The predicted molar refractivity (Wildman–Crippen MR) is 105 cm³/mol. The fourth-order valence-electron chi connectivity index (χ4n) is 2.91. The number of hydrogen-bond acceptors (Lipinski definition) is 7. The number of halogens is 3. The number of rotatable bonds is 8. The third kappa shape index (κ3) is 5.64. The van der Waals surface area contributed by atoms with Gasteiger partial charge in [-0.05, 0) is 24.1 Å². The van der Waals surface area contributed by atoms with Crippen LogP contribution < -0.4 is 0 Å². The van der Waals surface area contributed by atoms with Crippen molar-refractivity contribution in [2.75, 3.05) is 19.8 Å². The van der Waals surface area contributed by atoms with Crippen molar-refractivity contribution in [2.45, 2.75) is 25.7 Å². The zero-order valence-electron chi connectivity index (χ0n) is 17.0. The van der Waals surface area contributed by atoms with E-state index in [2.05, 4.69) is 20.2 Å². The molecule has 2 heterocycles. The fourth-order valence-corrected chi connectivity index (χ4v) is 3.36. The number of likely N-dealkylation sites (N-methyl/N-ethyl adjacent to an activating group) is 1. The molecule has 12 heteroatoms. The van der Waals surface area contributed by atoms with Crippen LogP contribution in [0.4, 0.5) is 13.2 Å². The maximum absolute atomic E-state index is 14.6. The highest BCUT2D eigenvalue weighted by Crippen LogP contribution is 2.26. The Hall–Kier alpha value is -2.86. The molecule has 2 aromatic heterocycles. The van der Waals surface area contributed by atoms with Crippen molar-refractivity contribution in [3.05, 3.63) is 59.3 Å². The normalized spacial score (nSPS) is 13.2. The minimum absolute atomic E-state index is 0.0192. The van der Waals surface area contributed by atoms with Gasteiger partial charge in [-0.2, -0.15) is 8.78 Å². The summed E-state index contributed by atoms with van der Waals surface area (Å²) in [5, 5.41) is 6.78. The van der Waals surface area contributed by atoms with Crippen LogP contribution in [0.25, 0.3) is 11.5 Å².